The normalized spacial score (nSPS) is 14.0. The molecule has 1 saturated heterocycles. The summed E-state index contributed by atoms with van der Waals surface area (Å²) in [6.45, 7) is 0.705. The van der Waals surface area contributed by atoms with E-state index in [2.05, 4.69) is 5.32 Å². The number of rotatable bonds is 4. The van der Waals surface area contributed by atoms with Crippen LogP contribution in [0.25, 0.3) is 0 Å². The molecule has 0 bridgehead atoms. The Morgan fingerprint density at radius 3 is 2.74 bits per heavy atom. The van der Waals surface area contributed by atoms with Gasteiger partial charge in [-0.1, -0.05) is 18.2 Å². The lowest BCUT2D eigenvalue weighted by atomic mass is 10.1. The summed E-state index contributed by atoms with van der Waals surface area (Å²) in [6, 6.07) is 14.4. The van der Waals surface area contributed by atoms with Gasteiger partial charge >= 0.3 is 0 Å². The van der Waals surface area contributed by atoms with E-state index in [9.17, 15) is 9.59 Å². The zero-order chi connectivity index (χ0) is 16.2. The van der Waals surface area contributed by atoms with Gasteiger partial charge in [0.15, 0.2) is 0 Å². The van der Waals surface area contributed by atoms with Crippen LogP contribution in [0.1, 0.15) is 23.2 Å². The van der Waals surface area contributed by atoms with Crippen LogP contribution >= 0.6 is 0 Å². The summed E-state index contributed by atoms with van der Waals surface area (Å²) in [4.78, 5) is 26.0. The van der Waals surface area contributed by atoms with Gasteiger partial charge in [-0.05, 0) is 36.8 Å². The Hall–Kier alpha value is -2.82. The van der Waals surface area contributed by atoms with Crippen LogP contribution in [-0.2, 0) is 4.79 Å². The molecule has 5 heteroatoms. The third-order valence-corrected chi connectivity index (χ3v) is 3.85. The van der Waals surface area contributed by atoms with E-state index in [-0.39, 0.29) is 11.8 Å². The number of benzene rings is 2. The van der Waals surface area contributed by atoms with Gasteiger partial charge in [0.1, 0.15) is 5.75 Å². The van der Waals surface area contributed by atoms with Crippen LogP contribution in [0, 0.1) is 0 Å². The predicted molar refractivity (Wildman–Crippen MR) is 89.0 cm³/mol. The maximum atomic E-state index is 12.5. The number of amides is 2. The Labute approximate surface area is 134 Å². The van der Waals surface area contributed by atoms with E-state index in [0.29, 0.717) is 30.0 Å². The molecule has 5 nitrogen and oxygen atoms in total. The van der Waals surface area contributed by atoms with Crippen molar-refractivity contribution in [1.29, 1.82) is 0 Å². The minimum Gasteiger partial charge on any atom is -0.495 e. The van der Waals surface area contributed by atoms with E-state index in [0.717, 1.165) is 12.1 Å². The molecule has 0 aromatic heterocycles. The first kappa shape index (κ1) is 15.1. The molecular formula is C18H18N2O3. The van der Waals surface area contributed by atoms with Gasteiger partial charge in [-0.15, -0.1) is 0 Å². The minimum absolute atomic E-state index is 0.104. The first-order valence-corrected chi connectivity index (χ1v) is 7.54. The number of anilines is 2. The number of methoxy groups -OCH3 is 1. The van der Waals surface area contributed by atoms with Crippen molar-refractivity contribution in [3.8, 4) is 5.75 Å². The Morgan fingerprint density at radius 2 is 2.00 bits per heavy atom. The molecule has 1 fully saturated rings. The van der Waals surface area contributed by atoms with Crippen molar-refractivity contribution in [1.82, 2.24) is 0 Å². The van der Waals surface area contributed by atoms with Crippen molar-refractivity contribution in [2.24, 2.45) is 0 Å². The average Bonchev–Trinajstić information content (AvgIpc) is 3.01. The number of carbonyl (C=O) groups excluding carboxylic acids is 2. The highest BCUT2D eigenvalue weighted by Gasteiger charge is 2.22. The Bertz CT molecular complexity index is 743. The van der Waals surface area contributed by atoms with Crippen molar-refractivity contribution in [2.45, 2.75) is 12.8 Å². The lowest BCUT2D eigenvalue weighted by Crippen LogP contribution is -2.24. The van der Waals surface area contributed by atoms with Crippen molar-refractivity contribution in [3.63, 3.8) is 0 Å². The van der Waals surface area contributed by atoms with E-state index in [1.807, 2.05) is 18.2 Å². The van der Waals surface area contributed by atoms with Crippen LogP contribution in [0.2, 0.25) is 0 Å². The summed E-state index contributed by atoms with van der Waals surface area (Å²) in [5.41, 5.74) is 1.89. The SMILES string of the molecule is COc1ccccc1NC(=O)c1cccc(N2CCCC2=O)c1. The molecule has 23 heavy (non-hydrogen) atoms. The van der Waals surface area contributed by atoms with Gasteiger partial charge in [-0.3, -0.25) is 9.59 Å². The summed E-state index contributed by atoms with van der Waals surface area (Å²) < 4.78 is 5.23. The third-order valence-electron chi connectivity index (χ3n) is 3.85. The molecule has 0 saturated carbocycles. The van der Waals surface area contributed by atoms with Gasteiger partial charge in [0.25, 0.3) is 5.91 Å². The Kier molecular flexibility index (Phi) is 4.28. The molecule has 0 unspecified atom stereocenters. The second-order valence-electron chi connectivity index (χ2n) is 5.35. The van der Waals surface area contributed by atoms with Gasteiger partial charge < -0.3 is 15.0 Å². The van der Waals surface area contributed by atoms with Crippen molar-refractivity contribution < 1.29 is 14.3 Å². The zero-order valence-corrected chi connectivity index (χ0v) is 12.9. The highest BCUT2D eigenvalue weighted by atomic mass is 16.5. The molecular weight excluding hydrogens is 292 g/mol. The van der Waals surface area contributed by atoms with E-state index in [1.165, 1.54) is 0 Å². The second kappa shape index (κ2) is 6.52. The number of nitrogens with one attached hydrogen (secondary N) is 1. The molecule has 3 rings (SSSR count). The standard InChI is InChI=1S/C18H18N2O3/c1-23-16-9-3-2-8-15(16)19-18(22)13-6-4-7-14(12-13)20-11-5-10-17(20)21/h2-4,6-9,12H,5,10-11H2,1H3,(H,19,22). The molecule has 118 valence electrons. The molecule has 2 aromatic rings. The number of carbonyl (C=O) groups is 2. The van der Waals surface area contributed by atoms with E-state index < -0.39 is 0 Å². The van der Waals surface area contributed by atoms with Gasteiger partial charge in [-0.2, -0.15) is 0 Å². The monoisotopic (exact) mass is 310 g/mol. The molecule has 1 heterocycles. The molecule has 0 aliphatic carbocycles. The largest absolute Gasteiger partial charge is 0.495 e. The topological polar surface area (TPSA) is 58.6 Å². The van der Waals surface area contributed by atoms with Gasteiger partial charge in [-0.25, -0.2) is 0 Å². The fourth-order valence-electron chi connectivity index (χ4n) is 2.68. The second-order valence-corrected chi connectivity index (χ2v) is 5.35. The van der Waals surface area contributed by atoms with E-state index >= 15 is 0 Å². The summed E-state index contributed by atoms with van der Waals surface area (Å²) in [7, 11) is 1.56. The lowest BCUT2D eigenvalue weighted by Gasteiger charge is -2.16. The highest BCUT2D eigenvalue weighted by molar-refractivity contribution is 6.06. The van der Waals surface area contributed by atoms with Crippen LogP contribution in [0.4, 0.5) is 11.4 Å². The maximum Gasteiger partial charge on any atom is 0.255 e. The van der Waals surface area contributed by atoms with Crippen molar-refractivity contribution in [3.05, 3.63) is 54.1 Å². The summed E-state index contributed by atoms with van der Waals surface area (Å²) in [6.07, 6.45) is 1.42. The Morgan fingerprint density at radius 1 is 1.17 bits per heavy atom. The predicted octanol–water partition coefficient (Wildman–Crippen LogP) is 3.07. The van der Waals surface area contributed by atoms with Crippen LogP contribution in [-0.4, -0.2) is 25.5 Å². The molecule has 1 aliphatic rings. The number of para-hydroxylation sites is 2. The lowest BCUT2D eigenvalue weighted by molar-refractivity contribution is -0.117. The van der Waals surface area contributed by atoms with Gasteiger partial charge in [0.05, 0.1) is 12.8 Å². The molecule has 2 amide bonds. The number of nitrogens with zero attached hydrogens (tertiary/aromatic N) is 1. The van der Waals surface area contributed by atoms with Crippen LogP contribution in [0.3, 0.4) is 0 Å². The molecule has 0 radical (unpaired) electrons. The first-order chi connectivity index (χ1) is 11.2. The van der Waals surface area contributed by atoms with Crippen molar-refractivity contribution in [2.75, 3.05) is 23.9 Å². The van der Waals surface area contributed by atoms with Crippen LogP contribution in [0.15, 0.2) is 48.5 Å². The van der Waals surface area contributed by atoms with Gasteiger partial charge in [0.2, 0.25) is 5.91 Å². The highest BCUT2D eigenvalue weighted by Crippen LogP contribution is 2.25. The van der Waals surface area contributed by atoms with Gasteiger partial charge in [0, 0.05) is 24.2 Å². The van der Waals surface area contributed by atoms with Crippen LogP contribution in [0.5, 0.6) is 5.75 Å². The summed E-state index contributed by atoms with van der Waals surface area (Å²) >= 11 is 0. The zero-order valence-electron chi connectivity index (χ0n) is 12.9. The van der Waals surface area contributed by atoms with E-state index in [1.54, 1.807) is 42.3 Å². The molecule has 2 aromatic carbocycles. The third kappa shape index (κ3) is 3.18. The molecule has 1 N–H and O–H groups in total. The quantitative estimate of drug-likeness (QED) is 0.944. The smallest absolute Gasteiger partial charge is 0.255 e. The molecule has 1 aliphatic heterocycles. The number of ether oxygens (including phenoxy) is 1. The summed E-state index contributed by atoms with van der Waals surface area (Å²) in [5, 5.41) is 2.84. The number of hydrogen-bond donors (Lipinski definition) is 1. The maximum absolute atomic E-state index is 12.5. The minimum atomic E-state index is -0.233. The molecule has 0 atom stereocenters. The first-order valence-electron chi connectivity index (χ1n) is 7.54. The van der Waals surface area contributed by atoms with Crippen LogP contribution < -0.4 is 15.0 Å². The fraction of sp³-hybridized carbons (Fsp3) is 0.222. The Balaban J connectivity index is 1.81. The number of hydrogen-bond acceptors (Lipinski definition) is 3. The molecule has 0 spiro atoms. The van der Waals surface area contributed by atoms with Crippen molar-refractivity contribution >= 4 is 23.2 Å². The van der Waals surface area contributed by atoms with E-state index in [4.69, 9.17) is 4.74 Å². The fourth-order valence-corrected chi connectivity index (χ4v) is 2.68. The average molecular weight is 310 g/mol. The summed E-state index contributed by atoms with van der Waals surface area (Å²) in [5.74, 6) is 0.474.